The van der Waals surface area contributed by atoms with Gasteiger partial charge in [0.05, 0.1) is 12.5 Å². The summed E-state index contributed by atoms with van der Waals surface area (Å²) in [5, 5.41) is 13.4. The molecule has 0 aliphatic carbocycles. The Kier molecular flexibility index (Phi) is 6.46. The first-order chi connectivity index (χ1) is 10.3. The lowest BCUT2D eigenvalue weighted by Crippen LogP contribution is -2.48. The van der Waals surface area contributed by atoms with Crippen molar-refractivity contribution in [3.8, 4) is 0 Å². The highest BCUT2D eigenvalue weighted by Gasteiger charge is 2.21. The summed E-state index contributed by atoms with van der Waals surface area (Å²) in [4.78, 5) is 33.8. The molecule has 2 atom stereocenters. The number of carbonyl (C=O) groups is 3. The first-order valence-corrected chi connectivity index (χ1v) is 6.59. The quantitative estimate of drug-likeness (QED) is 0.553. The van der Waals surface area contributed by atoms with E-state index in [1.165, 1.54) is 31.2 Å². The van der Waals surface area contributed by atoms with Gasteiger partial charge >= 0.3 is 5.97 Å². The fraction of sp³-hybridized carbons (Fsp3) is 0.357. The third-order valence-corrected chi connectivity index (χ3v) is 2.87. The number of carbonyl (C=O) groups excluding carboxylic acids is 2. The number of rotatable bonds is 7. The summed E-state index contributed by atoms with van der Waals surface area (Å²) < 4.78 is 12.7. The van der Waals surface area contributed by atoms with E-state index in [9.17, 15) is 18.8 Å². The van der Waals surface area contributed by atoms with E-state index in [1.807, 2.05) is 0 Å². The lowest BCUT2D eigenvalue weighted by Gasteiger charge is -2.14. The summed E-state index contributed by atoms with van der Waals surface area (Å²) in [6.07, 6.45) is -0.278. The molecule has 0 spiro atoms. The van der Waals surface area contributed by atoms with E-state index in [1.54, 1.807) is 0 Å². The Balaban J connectivity index is 2.39. The van der Waals surface area contributed by atoms with Crippen molar-refractivity contribution in [1.82, 2.24) is 10.6 Å². The molecule has 0 heterocycles. The summed E-state index contributed by atoms with van der Waals surface area (Å²) >= 11 is 0. The highest BCUT2D eigenvalue weighted by atomic mass is 19.1. The number of carboxylic acid groups (broad SMARTS) is 1. The largest absolute Gasteiger partial charge is 0.480 e. The molecule has 0 radical (unpaired) electrons. The van der Waals surface area contributed by atoms with Crippen LogP contribution in [0.5, 0.6) is 0 Å². The number of carboxylic acids is 1. The lowest BCUT2D eigenvalue weighted by molar-refractivity contribution is -0.141. The summed E-state index contributed by atoms with van der Waals surface area (Å²) in [6.45, 7) is 1.47. The van der Waals surface area contributed by atoms with Gasteiger partial charge in [-0.2, -0.15) is 0 Å². The topological polar surface area (TPSA) is 122 Å². The average molecular weight is 311 g/mol. The predicted molar refractivity (Wildman–Crippen MR) is 76.1 cm³/mol. The molecule has 2 amide bonds. The number of aliphatic carboxylic acids is 1. The molecule has 1 rings (SSSR count). The standard InChI is InChI=1S/C14H18FN3O4/c1-8(14(21)22)18-13(20)11(16)6-12(19)17-7-9-2-4-10(15)5-3-9/h2-5,8,11H,6-7,16H2,1H3,(H,17,19)(H,18,20)(H,21,22). The van der Waals surface area contributed by atoms with E-state index in [0.29, 0.717) is 5.56 Å². The van der Waals surface area contributed by atoms with Gasteiger partial charge in [-0.15, -0.1) is 0 Å². The molecule has 8 heteroatoms. The van der Waals surface area contributed by atoms with Gasteiger partial charge < -0.3 is 21.5 Å². The number of halogens is 1. The number of hydrogen-bond acceptors (Lipinski definition) is 4. The molecule has 0 aromatic heterocycles. The van der Waals surface area contributed by atoms with E-state index in [2.05, 4.69) is 10.6 Å². The summed E-state index contributed by atoms with van der Waals surface area (Å²) in [6, 6.07) is 3.37. The second-order valence-corrected chi connectivity index (χ2v) is 4.78. The van der Waals surface area contributed by atoms with Crippen LogP contribution in [0.4, 0.5) is 4.39 Å². The molecular weight excluding hydrogens is 293 g/mol. The van der Waals surface area contributed by atoms with Crippen molar-refractivity contribution in [2.75, 3.05) is 0 Å². The third kappa shape index (κ3) is 5.88. The van der Waals surface area contributed by atoms with Crippen LogP contribution in [-0.4, -0.2) is 35.0 Å². The van der Waals surface area contributed by atoms with E-state index in [-0.39, 0.29) is 18.8 Å². The van der Waals surface area contributed by atoms with E-state index in [0.717, 1.165) is 0 Å². The fourth-order valence-electron chi connectivity index (χ4n) is 1.55. The zero-order chi connectivity index (χ0) is 16.7. The fourth-order valence-corrected chi connectivity index (χ4v) is 1.55. The first-order valence-electron chi connectivity index (χ1n) is 6.59. The Morgan fingerprint density at radius 3 is 2.41 bits per heavy atom. The maximum atomic E-state index is 12.7. The second kappa shape index (κ2) is 8.08. The van der Waals surface area contributed by atoms with Crippen LogP contribution >= 0.6 is 0 Å². The van der Waals surface area contributed by atoms with Crippen molar-refractivity contribution in [2.45, 2.75) is 32.0 Å². The molecule has 0 aliphatic heterocycles. The number of benzene rings is 1. The number of amides is 2. The zero-order valence-electron chi connectivity index (χ0n) is 12.0. The maximum absolute atomic E-state index is 12.7. The molecule has 0 aliphatic rings. The number of nitrogens with one attached hydrogen (secondary N) is 2. The van der Waals surface area contributed by atoms with Gasteiger partial charge in [0.1, 0.15) is 11.9 Å². The van der Waals surface area contributed by atoms with Crippen LogP contribution in [0.1, 0.15) is 18.9 Å². The second-order valence-electron chi connectivity index (χ2n) is 4.78. The molecule has 5 N–H and O–H groups in total. The van der Waals surface area contributed by atoms with E-state index >= 15 is 0 Å². The Hall–Kier alpha value is -2.48. The number of hydrogen-bond donors (Lipinski definition) is 4. The molecule has 2 unspecified atom stereocenters. The molecule has 0 bridgehead atoms. The molecule has 0 saturated heterocycles. The molecule has 0 fully saturated rings. The highest BCUT2D eigenvalue weighted by Crippen LogP contribution is 2.02. The van der Waals surface area contributed by atoms with Crippen LogP contribution in [0.2, 0.25) is 0 Å². The number of nitrogens with two attached hydrogens (primary N) is 1. The lowest BCUT2D eigenvalue weighted by atomic mass is 10.1. The van der Waals surface area contributed by atoms with Crippen molar-refractivity contribution in [3.63, 3.8) is 0 Å². The van der Waals surface area contributed by atoms with Crippen LogP contribution in [0.15, 0.2) is 24.3 Å². The van der Waals surface area contributed by atoms with Gasteiger partial charge in [-0.05, 0) is 24.6 Å². The van der Waals surface area contributed by atoms with Gasteiger partial charge in [-0.3, -0.25) is 14.4 Å². The van der Waals surface area contributed by atoms with Gasteiger partial charge in [0.2, 0.25) is 11.8 Å². The van der Waals surface area contributed by atoms with Crippen molar-refractivity contribution in [1.29, 1.82) is 0 Å². The molecule has 1 aromatic carbocycles. The first kappa shape index (κ1) is 17.6. The monoisotopic (exact) mass is 311 g/mol. The Bertz CT molecular complexity index is 548. The molecule has 1 aromatic rings. The van der Waals surface area contributed by atoms with Gasteiger partial charge in [0, 0.05) is 6.54 Å². The smallest absolute Gasteiger partial charge is 0.325 e. The summed E-state index contributed by atoms with van der Waals surface area (Å²) in [7, 11) is 0. The predicted octanol–water partition coefficient (Wildman–Crippen LogP) is -0.251. The minimum Gasteiger partial charge on any atom is -0.480 e. The molecule has 7 nitrogen and oxygen atoms in total. The van der Waals surface area contributed by atoms with Crippen LogP contribution < -0.4 is 16.4 Å². The molecule has 22 heavy (non-hydrogen) atoms. The Labute approximate surface area is 126 Å². The van der Waals surface area contributed by atoms with Gasteiger partial charge in [0.15, 0.2) is 0 Å². The van der Waals surface area contributed by atoms with Gasteiger partial charge in [-0.1, -0.05) is 12.1 Å². The van der Waals surface area contributed by atoms with Crippen LogP contribution in [0.25, 0.3) is 0 Å². The Morgan fingerprint density at radius 1 is 1.27 bits per heavy atom. The zero-order valence-corrected chi connectivity index (χ0v) is 12.0. The van der Waals surface area contributed by atoms with Crippen molar-refractivity contribution in [2.24, 2.45) is 5.73 Å². The van der Waals surface area contributed by atoms with E-state index < -0.39 is 29.9 Å². The van der Waals surface area contributed by atoms with E-state index in [4.69, 9.17) is 10.8 Å². The van der Waals surface area contributed by atoms with Crippen LogP contribution in [0, 0.1) is 5.82 Å². The SMILES string of the molecule is CC(NC(=O)C(N)CC(=O)NCc1ccc(F)cc1)C(=O)O. The summed E-state index contributed by atoms with van der Waals surface area (Å²) in [5.41, 5.74) is 6.24. The van der Waals surface area contributed by atoms with Gasteiger partial charge in [0.25, 0.3) is 0 Å². The molecular formula is C14H18FN3O4. The van der Waals surface area contributed by atoms with Gasteiger partial charge in [-0.25, -0.2) is 4.39 Å². The van der Waals surface area contributed by atoms with Crippen LogP contribution in [0.3, 0.4) is 0 Å². The average Bonchev–Trinajstić information content (AvgIpc) is 2.46. The summed E-state index contributed by atoms with van der Waals surface area (Å²) in [5.74, 6) is -2.75. The molecule has 120 valence electrons. The van der Waals surface area contributed by atoms with Crippen molar-refractivity contribution >= 4 is 17.8 Å². The van der Waals surface area contributed by atoms with Crippen molar-refractivity contribution in [3.05, 3.63) is 35.6 Å². The normalized spacial score (nSPS) is 13.0. The maximum Gasteiger partial charge on any atom is 0.325 e. The molecule has 0 saturated carbocycles. The Morgan fingerprint density at radius 2 is 1.86 bits per heavy atom. The highest BCUT2D eigenvalue weighted by molar-refractivity contribution is 5.90. The van der Waals surface area contributed by atoms with Crippen LogP contribution in [-0.2, 0) is 20.9 Å². The minimum atomic E-state index is -1.19. The van der Waals surface area contributed by atoms with Crippen molar-refractivity contribution < 1.29 is 23.9 Å². The third-order valence-electron chi connectivity index (χ3n) is 2.87. The minimum absolute atomic E-state index is 0.180.